The third kappa shape index (κ3) is 2.12. The molecule has 1 amide bonds. The summed E-state index contributed by atoms with van der Waals surface area (Å²) in [6.07, 6.45) is -2.50. The fourth-order valence-electron chi connectivity index (χ4n) is 3.13. The Labute approximate surface area is 105 Å². The number of nitrogens with zero attached hydrogens (tertiary/aromatic N) is 1. The van der Waals surface area contributed by atoms with Crippen molar-refractivity contribution in [3.63, 3.8) is 0 Å². The van der Waals surface area contributed by atoms with Crippen molar-refractivity contribution < 1.29 is 25.2 Å². The summed E-state index contributed by atoms with van der Waals surface area (Å²) in [6, 6.07) is -1.35. The molecule has 7 nitrogen and oxygen atoms in total. The molecule has 2 aliphatic heterocycles. The molecule has 2 rings (SSSR count). The molecule has 0 spiro atoms. The van der Waals surface area contributed by atoms with Gasteiger partial charge in [-0.25, -0.2) is 0 Å². The van der Waals surface area contributed by atoms with Gasteiger partial charge in [-0.15, -0.1) is 0 Å². The van der Waals surface area contributed by atoms with Crippen LogP contribution in [0.25, 0.3) is 0 Å². The number of fused-ring (bicyclic) bond motifs is 1. The van der Waals surface area contributed by atoms with E-state index in [-0.39, 0.29) is 25.1 Å². The Morgan fingerprint density at radius 1 is 1.33 bits per heavy atom. The van der Waals surface area contributed by atoms with Crippen molar-refractivity contribution in [3.8, 4) is 0 Å². The number of aliphatic hydroxyl groups excluding tert-OH is 4. The van der Waals surface area contributed by atoms with Gasteiger partial charge in [-0.1, -0.05) is 0 Å². The molecule has 2 saturated heterocycles. The number of carbonyl (C=O) groups is 1. The SMILES string of the molecule is CC(=O)NC[C@@H]1[C@@H](O)[C@@H](O)C2[C@@H](O)C[C@@H](CO)N21. The molecule has 2 fully saturated rings. The molecular weight excluding hydrogens is 240 g/mol. The van der Waals surface area contributed by atoms with Crippen LogP contribution >= 0.6 is 0 Å². The summed E-state index contributed by atoms with van der Waals surface area (Å²) < 4.78 is 0. The first-order valence-electron chi connectivity index (χ1n) is 6.14. The van der Waals surface area contributed by atoms with Gasteiger partial charge in [0.25, 0.3) is 0 Å². The number of carbonyl (C=O) groups excluding carboxylic acids is 1. The molecule has 0 saturated carbocycles. The number of aliphatic hydroxyl groups is 4. The van der Waals surface area contributed by atoms with Crippen molar-refractivity contribution in [2.24, 2.45) is 0 Å². The van der Waals surface area contributed by atoms with E-state index in [1.54, 1.807) is 4.90 Å². The van der Waals surface area contributed by atoms with E-state index in [1.165, 1.54) is 6.92 Å². The van der Waals surface area contributed by atoms with Crippen molar-refractivity contribution in [3.05, 3.63) is 0 Å². The Bertz CT molecular complexity index is 327. The summed E-state index contributed by atoms with van der Waals surface area (Å²) in [6.45, 7) is 1.41. The van der Waals surface area contributed by atoms with Crippen molar-refractivity contribution in [1.82, 2.24) is 10.2 Å². The predicted molar refractivity (Wildman–Crippen MR) is 61.6 cm³/mol. The summed E-state index contributed by atoms with van der Waals surface area (Å²) in [5, 5.41) is 41.7. The molecule has 0 aromatic rings. The maximum Gasteiger partial charge on any atom is 0.216 e. The molecule has 1 unspecified atom stereocenters. The molecule has 0 aromatic carbocycles. The molecule has 0 aliphatic carbocycles. The van der Waals surface area contributed by atoms with Gasteiger partial charge in [-0.2, -0.15) is 0 Å². The Kier molecular flexibility index (Phi) is 3.88. The highest BCUT2D eigenvalue weighted by molar-refractivity contribution is 5.72. The lowest BCUT2D eigenvalue weighted by Crippen LogP contribution is -2.49. The van der Waals surface area contributed by atoms with Crippen molar-refractivity contribution in [2.45, 2.75) is 49.8 Å². The normalized spacial score (nSPS) is 44.1. The molecule has 0 aromatic heterocycles. The lowest BCUT2D eigenvalue weighted by Gasteiger charge is -2.29. The third-order valence-electron chi connectivity index (χ3n) is 3.92. The minimum absolute atomic E-state index is 0.149. The quantitative estimate of drug-likeness (QED) is 0.370. The second-order valence-corrected chi connectivity index (χ2v) is 5.06. The summed E-state index contributed by atoms with van der Waals surface area (Å²) >= 11 is 0. The van der Waals surface area contributed by atoms with Crippen LogP contribution in [0.15, 0.2) is 0 Å². The molecule has 2 heterocycles. The summed E-state index contributed by atoms with van der Waals surface area (Å²) in [4.78, 5) is 12.7. The van der Waals surface area contributed by atoms with E-state index < -0.39 is 30.4 Å². The van der Waals surface area contributed by atoms with Crippen LogP contribution in [0.1, 0.15) is 13.3 Å². The molecule has 7 heteroatoms. The number of hydrogen-bond donors (Lipinski definition) is 5. The first-order valence-corrected chi connectivity index (χ1v) is 6.14. The fourth-order valence-corrected chi connectivity index (χ4v) is 3.13. The van der Waals surface area contributed by atoms with Gasteiger partial charge in [0.05, 0.1) is 37.0 Å². The second kappa shape index (κ2) is 5.10. The third-order valence-corrected chi connectivity index (χ3v) is 3.92. The largest absolute Gasteiger partial charge is 0.395 e. The van der Waals surface area contributed by atoms with Crippen molar-refractivity contribution in [2.75, 3.05) is 13.2 Å². The summed E-state index contributed by atoms with van der Waals surface area (Å²) in [7, 11) is 0. The van der Waals surface area contributed by atoms with Gasteiger partial charge in [-0.3, -0.25) is 9.69 Å². The maximum absolute atomic E-state index is 10.9. The Balaban J connectivity index is 2.15. The monoisotopic (exact) mass is 260 g/mol. The van der Waals surface area contributed by atoms with Gasteiger partial charge >= 0.3 is 0 Å². The lowest BCUT2D eigenvalue weighted by atomic mass is 10.0. The van der Waals surface area contributed by atoms with Gasteiger partial charge in [0.1, 0.15) is 0 Å². The van der Waals surface area contributed by atoms with Crippen LogP contribution in [0.2, 0.25) is 0 Å². The predicted octanol–water partition coefficient (Wildman–Crippen LogP) is -2.98. The average molecular weight is 260 g/mol. The van der Waals surface area contributed by atoms with Crippen molar-refractivity contribution in [1.29, 1.82) is 0 Å². The van der Waals surface area contributed by atoms with Crippen LogP contribution in [0, 0.1) is 0 Å². The van der Waals surface area contributed by atoms with E-state index >= 15 is 0 Å². The molecule has 104 valence electrons. The van der Waals surface area contributed by atoms with E-state index in [1.807, 2.05) is 0 Å². The van der Waals surface area contributed by atoms with Gasteiger partial charge < -0.3 is 25.7 Å². The van der Waals surface area contributed by atoms with Crippen LogP contribution < -0.4 is 5.32 Å². The number of amides is 1. The second-order valence-electron chi connectivity index (χ2n) is 5.06. The van der Waals surface area contributed by atoms with E-state index in [0.29, 0.717) is 6.42 Å². The zero-order valence-corrected chi connectivity index (χ0v) is 10.2. The van der Waals surface area contributed by atoms with E-state index in [4.69, 9.17) is 0 Å². The van der Waals surface area contributed by atoms with E-state index in [0.717, 1.165) is 0 Å². The lowest BCUT2D eigenvalue weighted by molar-refractivity contribution is -0.119. The van der Waals surface area contributed by atoms with Crippen LogP contribution in [0.5, 0.6) is 0 Å². The molecular formula is C11H20N2O5. The Hall–Kier alpha value is -0.730. The van der Waals surface area contributed by atoms with Crippen LogP contribution in [-0.4, -0.2) is 80.8 Å². The molecule has 2 aliphatic rings. The fraction of sp³-hybridized carbons (Fsp3) is 0.909. The molecule has 0 radical (unpaired) electrons. The van der Waals surface area contributed by atoms with Gasteiger partial charge in [0.2, 0.25) is 5.91 Å². The topological polar surface area (TPSA) is 113 Å². The Morgan fingerprint density at radius 3 is 2.56 bits per heavy atom. The van der Waals surface area contributed by atoms with Gasteiger partial charge in [-0.05, 0) is 6.42 Å². The first kappa shape index (κ1) is 13.7. The minimum Gasteiger partial charge on any atom is -0.395 e. The van der Waals surface area contributed by atoms with Crippen LogP contribution in [0.4, 0.5) is 0 Å². The van der Waals surface area contributed by atoms with Crippen molar-refractivity contribution >= 4 is 5.91 Å². The van der Waals surface area contributed by atoms with Crippen LogP contribution in [0.3, 0.4) is 0 Å². The molecule has 0 bridgehead atoms. The first-order chi connectivity index (χ1) is 8.47. The smallest absolute Gasteiger partial charge is 0.216 e. The minimum atomic E-state index is -1.06. The van der Waals surface area contributed by atoms with Gasteiger partial charge in [0, 0.05) is 19.5 Å². The highest BCUT2D eigenvalue weighted by Crippen LogP contribution is 2.37. The zero-order chi connectivity index (χ0) is 13.4. The van der Waals surface area contributed by atoms with E-state index in [9.17, 15) is 25.2 Å². The number of nitrogens with one attached hydrogen (secondary N) is 1. The van der Waals surface area contributed by atoms with Gasteiger partial charge in [0.15, 0.2) is 0 Å². The number of hydrogen-bond acceptors (Lipinski definition) is 6. The highest BCUT2D eigenvalue weighted by atomic mass is 16.3. The standard InChI is InChI=1S/C11H20N2O5/c1-5(15)12-3-7-10(17)11(18)9-8(16)2-6(4-14)13(7)9/h6-11,14,16-18H,2-4H2,1H3,(H,12,15)/t6-,7+,8-,9?,10+,11-/m0/s1. The Morgan fingerprint density at radius 2 is 2.00 bits per heavy atom. The highest BCUT2D eigenvalue weighted by Gasteiger charge is 2.56. The molecule has 18 heavy (non-hydrogen) atoms. The van der Waals surface area contributed by atoms with E-state index in [2.05, 4.69) is 5.32 Å². The average Bonchev–Trinajstić information content (AvgIpc) is 2.76. The maximum atomic E-state index is 10.9. The summed E-state index contributed by atoms with van der Waals surface area (Å²) in [5.74, 6) is -0.222. The van der Waals surface area contributed by atoms with Crippen LogP contribution in [-0.2, 0) is 4.79 Å². The molecule has 6 atom stereocenters. The number of rotatable bonds is 3. The summed E-state index contributed by atoms with van der Waals surface area (Å²) in [5.41, 5.74) is 0. The zero-order valence-electron chi connectivity index (χ0n) is 10.2. The molecule has 5 N–H and O–H groups in total.